The van der Waals surface area contributed by atoms with Crippen LogP contribution < -0.4 is 0 Å². The van der Waals surface area contributed by atoms with E-state index in [9.17, 15) is 4.79 Å². The maximum absolute atomic E-state index is 10.5. The molecule has 0 aliphatic rings. The van der Waals surface area contributed by atoms with Crippen molar-refractivity contribution in [1.29, 1.82) is 0 Å². The van der Waals surface area contributed by atoms with Crippen LogP contribution in [0.5, 0.6) is 0 Å². The second-order valence-electron chi connectivity index (χ2n) is 2.97. The van der Waals surface area contributed by atoms with Gasteiger partial charge in [0, 0.05) is 12.7 Å². The average molecular weight is 216 g/mol. The fraction of sp³-hybridized carbons (Fsp3) is 0.625. The molecule has 1 unspecified atom stereocenters. The quantitative estimate of drug-likeness (QED) is 0.800. The monoisotopic (exact) mass is 216 g/mol. The number of nitrogens with zero attached hydrogens (tertiary/aromatic N) is 2. The van der Waals surface area contributed by atoms with Crippen LogP contribution in [0.15, 0.2) is 4.42 Å². The van der Waals surface area contributed by atoms with Gasteiger partial charge in [0.15, 0.2) is 0 Å². The number of aliphatic carboxylic acids is 1. The summed E-state index contributed by atoms with van der Waals surface area (Å²) in [6, 6.07) is 0. The van der Waals surface area contributed by atoms with Gasteiger partial charge in [0.2, 0.25) is 11.8 Å². The van der Waals surface area contributed by atoms with Gasteiger partial charge in [-0.3, -0.25) is 4.79 Å². The van der Waals surface area contributed by atoms with E-state index >= 15 is 0 Å². The molecule has 1 heterocycles. The van der Waals surface area contributed by atoms with Crippen LogP contribution in [-0.4, -0.2) is 27.0 Å². The van der Waals surface area contributed by atoms with Crippen molar-refractivity contribution in [3.63, 3.8) is 0 Å². The van der Waals surface area contributed by atoms with E-state index in [1.54, 1.807) is 13.8 Å². The summed E-state index contributed by atoms with van der Waals surface area (Å²) in [6.45, 7) is 3.40. The molecule has 78 valence electrons. The van der Waals surface area contributed by atoms with Crippen molar-refractivity contribution in [3.8, 4) is 0 Å². The molecule has 6 heteroatoms. The van der Waals surface area contributed by atoms with Crippen LogP contribution in [0.1, 0.15) is 18.7 Å². The minimum atomic E-state index is -0.779. The molecule has 0 spiro atoms. The van der Waals surface area contributed by atoms with E-state index < -0.39 is 5.97 Å². The Balaban J connectivity index is 2.25. The molecule has 1 aromatic heterocycles. The molecular formula is C8H12N2O3S. The summed E-state index contributed by atoms with van der Waals surface area (Å²) in [5.74, 6) is 1.08. The first-order valence-corrected chi connectivity index (χ1v) is 5.34. The second-order valence-corrected chi connectivity index (χ2v) is 4.00. The predicted octanol–water partition coefficient (Wildman–Crippen LogP) is 1.33. The number of carboxylic acids is 1. The van der Waals surface area contributed by atoms with Crippen LogP contribution in [0.25, 0.3) is 0 Å². The molecular weight excluding hydrogens is 204 g/mol. The van der Waals surface area contributed by atoms with Crippen molar-refractivity contribution in [3.05, 3.63) is 11.8 Å². The Morgan fingerprint density at radius 1 is 1.64 bits per heavy atom. The van der Waals surface area contributed by atoms with Crippen LogP contribution in [0.3, 0.4) is 0 Å². The maximum Gasteiger partial charge on any atom is 0.307 e. The molecule has 0 bridgehead atoms. The number of carbonyl (C=O) groups is 1. The largest absolute Gasteiger partial charge is 0.481 e. The standard InChI is InChI=1S/C8H12N2O3S/c1-5(8(11)12)3-14-4-7-10-9-6(2)13-7/h5H,3-4H2,1-2H3,(H,11,12). The lowest BCUT2D eigenvalue weighted by molar-refractivity contribution is -0.140. The summed E-state index contributed by atoms with van der Waals surface area (Å²) in [4.78, 5) is 10.5. The lowest BCUT2D eigenvalue weighted by Gasteiger charge is -2.02. The first-order chi connectivity index (χ1) is 6.59. The van der Waals surface area contributed by atoms with Crippen LogP contribution >= 0.6 is 11.8 Å². The molecule has 0 aliphatic carbocycles. The van der Waals surface area contributed by atoms with Gasteiger partial charge in [0.05, 0.1) is 11.7 Å². The molecule has 0 saturated heterocycles. The highest BCUT2D eigenvalue weighted by Gasteiger charge is 2.11. The summed E-state index contributed by atoms with van der Waals surface area (Å²) < 4.78 is 5.14. The van der Waals surface area contributed by atoms with E-state index in [1.165, 1.54) is 11.8 Å². The van der Waals surface area contributed by atoms with Crippen molar-refractivity contribution >= 4 is 17.7 Å². The lowest BCUT2D eigenvalue weighted by atomic mass is 10.2. The number of rotatable bonds is 5. The fourth-order valence-corrected chi connectivity index (χ4v) is 1.70. The number of aromatic nitrogens is 2. The van der Waals surface area contributed by atoms with E-state index in [-0.39, 0.29) is 5.92 Å². The summed E-state index contributed by atoms with van der Waals surface area (Å²) in [5.41, 5.74) is 0. The third kappa shape index (κ3) is 3.37. The van der Waals surface area contributed by atoms with Crippen molar-refractivity contribution in [2.75, 3.05) is 5.75 Å². The molecule has 0 radical (unpaired) electrons. The zero-order valence-corrected chi connectivity index (χ0v) is 8.87. The van der Waals surface area contributed by atoms with Gasteiger partial charge >= 0.3 is 5.97 Å². The van der Waals surface area contributed by atoms with E-state index in [0.29, 0.717) is 23.3 Å². The van der Waals surface area contributed by atoms with E-state index in [0.717, 1.165) is 0 Å². The molecule has 0 saturated carbocycles. The van der Waals surface area contributed by atoms with Gasteiger partial charge < -0.3 is 9.52 Å². The van der Waals surface area contributed by atoms with Crippen molar-refractivity contribution in [2.24, 2.45) is 5.92 Å². The number of thioether (sulfide) groups is 1. The summed E-state index contributed by atoms with van der Waals surface area (Å²) in [5, 5.41) is 16.1. The maximum atomic E-state index is 10.5. The van der Waals surface area contributed by atoms with Crippen LogP contribution in [0.4, 0.5) is 0 Å². The van der Waals surface area contributed by atoms with Gasteiger partial charge in [0.25, 0.3) is 0 Å². The van der Waals surface area contributed by atoms with Gasteiger partial charge in [0.1, 0.15) is 0 Å². The van der Waals surface area contributed by atoms with Crippen molar-refractivity contribution in [1.82, 2.24) is 10.2 Å². The van der Waals surface area contributed by atoms with Gasteiger partial charge in [-0.25, -0.2) is 0 Å². The highest BCUT2D eigenvalue weighted by molar-refractivity contribution is 7.98. The Bertz CT molecular complexity index is 313. The fourth-order valence-electron chi connectivity index (χ4n) is 0.790. The zero-order chi connectivity index (χ0) is 10.6. The third-order valence-corrected chi connectivity index (χ3v) is 2.77. The third-order valence-electron chi connectivity index (χ3n) is 1.58. The number of carboxylic acid groups (broad SMARTS) is 1. The molecule has 0 aliphatic heterocycles. The Morgan fingerprint density at radius 3 is 2.86 bits per heavy atom. The van der Waals surface area contributed by atoms with Crippen LogP contribution in [0.2, 0.25) is 0 Å². The molecule has 1 rings (SSSR count). The summed E-state index contributed by atoms with van der Waals surface area (Å²) in [7, 11) is 0. The van der Waals surface area contributed by atoms with Gasteiger partial charge in [-0.05, 0) is 0 Å². The lowest BCUT2D eigenvalue weighted by Crippen LogP contribution is -2.11. The van der Waals surface area contributed by atoms with E-state index in [1.807, 2.05) is 0 Å². The Labute approximate surface area is 85.9 Å². The van der Waals surface area contributed by atoms with Crippen LogP contribution in [-0.2, 0) is 10.5 Å². The minimum absolute atomic E-state index is 0.344. The molecule has 14 heavy (non-hydrogen) atoms. The number of hydrogen-bond donors (Lipinski definition) is 1. The van der Waals surface area contributed by atoms with Gasteiger partial charge in [-0.2, -0.15) is 11.8 Å². The minimum Gasteiger partial charge on any atom is -0.481 e. The highest BCUT2D eigenvalue weighted by Crippen LogP contribution is 2.14. The molecule has 5 nitrogen and oxygen atoms in total. The zero-order valence-electron chi connectivity index (χ0n) is 8.06. The predicted molar refractivity (Wildman–Crippen MR) is 52.0 cm³/mol. The topological polar surface area (TPSA) is 76.2 Å². The normalized spacial score (nSPS) is 12.7. The Kier molecular flexibility index (Phi) is 3.94. The molecule has 0 aromatic carbocycles. The highest BCUT2D eigenvalue weighted by atomic mass is 32.2. The molecule has 1 N–H and O–H groups in total. The summed E-state index contributed by atoms with van der Waals surface area (Å²) >= 11 is 1.48. The molecule has 1 aromatic rings. The van der Waals surface area contributed by atoms with Gasteiger partial charge in [-0.15, -0.1) is 10.2 Å². The molecule has 1 atom stereocenters. The summed E-state index contributed by atoms with van der Waals surface area (Å²) in [6.07, 6.45) is 0. The SMILES string of the molecule is Cc1nnc(CSCC(C)C(=O)O)o1. The Hall–Kier alpha value is -1.04. The molecule has 0 amide bonds. The van der Waals surface area contributed by atoms with Crippen molar-refractivity contribution in [2.45, 2.75) is 19.6 Å². The van der Waals surface area contributed by atoms with Crippen molar-refractivity contribution < 1.29 is 14.3 Å². The average Bonchev–Trinajstić information content (AvgIpc) is 2.51. The number of hydrogen-bond acceptors (Lipinski definition) is 5. The van der Waals surface area contributed by atoms with Crippen LogP contribution in [0, 0.1) is 12.8 Å². The first-order valence-electron chi connectivity index (χ1n) is 4.19. The van der Waals surface area contributed by atoms with E-state index in [2.05, 4.69) is 10.2 Å². The van der Waals surface area contributed by atoms with Gasteiger partial charge in [-0.1, -0.05) is 6.92 Å². The number of aryl methyl sites for hydroxylation is 1. The van der Waals surface area contributed by atoms with E-state index in [4.69, 9.17) is 9.52 Å². The second kappa shape index (κ2) is 4.99. The Morgan fingerprint density at radius 2 is 2.36 bits per heavy atom. The smallest absolute Gasteiger partial charge is 0.307 e. The first kappa shape index (κ1) is 11.0. The molecule has 0 fully saturated rings.